The van der Waals surface area contributed by atoms with E-state index in [1.165, 1.54) is 0 Å². The molecule has 1 aromatic heterocycles. The van der Waals surface area contributed by atoms with Gasteiger partial charge < -0.3 is 16.8 Å². The SMILES string of the molecule is NC(=O)c1cc(Nc2c(F)cc(F)cc2F)ncc1N. The highest BCUT2D eigenvalue weighted by Gasteiger charge is 2.14. The van der Waals surface area contributed by atoms with E-state index in [1.807, 2.05) is 0 Å². The number of pyridine rings is 1. The van der Waals surface area contributed by atoms with Crippen LogP contribution in [0.4, 0.5) is 30.4 Å². The predicted molar refractivity (Wildman–Crippen MR) is 66.8 cm³/mol. The van der Waals surface area contributed by atoms with Crippen molar-refractivity contribution in [2.24, 2.45) is 5.73 Å². The van der Waals surface area contributed by atoms with Crippen molar-refractivity contribution in [3.8, 4) is 0 Å². The van der Waals surface area contributed by atoms with Gasteiger partial charge in [-0.1, -0.05) is 0 Å². The second-order valence-corrected chi connectivity index (χ2v) is 3.89. The molecule has 20 heavy (non-hydrogen) atoms. The van der Waals surface area contributed by atoms with E-state index < -0.39 is 29.0 Å². The maximum atomic E-state index is 13.4. The lowest BCUT2D eigenvalue weighted by molar-refractivity contribution is 0.100. The van der Waals surface area contributed by atoms with Crippen LogP contribution in [-0.2, 0) is 0 Å². The Bertz CT molecular complexity index is 667. The van der Waals surface area contributed by atoms with Gasteiger partial charge in [-0.2, -0.15) is 0 Å². The molecule has 1 amide bonds. The highest BCUT2D eigenvalue weighted by atomic mass is 19.1. The summed E-state index contributed by atoms with van der Waals surface area (Å²) in [5.41, 5.74) is 9.94. The molecule has 0 aliphatic heterocycles. The van der Waals surface area contributed by atoms with Crippen molar-refractivity contribution in [3.63, 3.8) is 0 Å². The van der Waals surface area contributed by atoms with Crippen molar-refractivity contribution in [1.82, 2.24) is 4.98 Å². The zero-order valence-electron chi connectivity index (χ0n) is 9.95. The fourth-order valence-electron chi connectivity index (χ4n) is 1.54. The van der Waals surface area contributed by atoms with Gasteiger partial charge in [0.25, 0.3) is 5.91 Å². The number of hydrogen-bond acceptors (Lipinski definition) is 4. The Kier molecular flexibility index (Phi) is 3.47. The van der Waals surface area contributed by atoms with Gasteiger partial charge in [0.1, 0.15) is 17.3 Å². The van der Waals surface area contributed by atoms with E-state index in [-0.39, 0.29) is 17.1 Å². The number of benzene rings is 1. The van der Waals surface area contributed by atoms with Crippen LogP contribution < -0.4 is 16.8 Å². The summed E-state index contributed by atoms with van der Waals surface area (Å²) < 4.78 is 39.7. The topological polar surface area (TPSA) is 94.0 Å². The fourth-order valence-corrected chi connectivity index (χ4v) is 1.54. The quantitative estimate of drug-likeness (QED) is 0.801. The summed E-state index contributed by atoms with van der Waals surface area (Å²) in [6.45, 7) is 0. The van der Waals surface area contributed by atoms with Crippen LogP contribution >= 0.6 is 0 Å². The third kappa shape index (κ3) is 2.63. The van der Waals surface area contributed by atoms with Gasteiger partial charge in [-0.25, -0.2) is 18.2 Å². The van der Waals surface area contributed by atoms with Crippen LogP contribution in [0.15, 0.2) is 24.4 Å². The first kappa shape index (κ1) is 13.7. The van der Waals surface area contributed by atoms with Crippen molar-refractivity contribution in [1.29, 1.82) is 0 Å². The normalized spacial score (nSPS) is 10.3. The van der Waals surface area contributed by atoms with Crippen LogP contribution in [0.3, 0.4) is 0 Å². The molecule has 2 rings (SSSR count). The minimum Gasteiger partial charge on any atom is -0.397 e. The summed E-state index contributed by atoms with van der Waals surface area (Å²) in [5.74, 6) is -4.19. The van der Waals surface area contributed by atoms with Crippen molar-refractivity contribution in [2.75, 3.05) is 11.1 Å². The number of amides is 1. The number of nitrogens with two attached hydrogens (primary N) is 2. The molecule has 0 radical (unpaired) electrons. The zero-order chi connectivity index (χ0) is 14.9. The maximum absolute atomic E-state index is 13.4. The van der Waals surface area contributed by atoms with E-state index in [2.05, 4.69) is 10.3 Å². The summed E-state index contributed by atoms with van der Waals surface area (Å²) in [6, 6.07) is 2.16. The van der Waals surface area contributed by atoms with E-state index in [9.17, 15) is 18.0 Å². The second-order valence-electron chi connectivity index (χ2n) is 3.89. The van der Waals surface area contributed by atoms with Crippen LogP contribution in [0.1, 0.15) is 10.4 Å². The van der Waals surface area contributed by atoms with Crippen molar-refractivity contribution in [2.45, 2.75) is 0 Å². The number of halogens is 3. The molecule has 0 aliphatic rings. The van der Waals surface area contributed by atoms with Crippen LogP contribution in [0.25, 0.3) is 0 Å². The Balaban J connectivity index is 2.41. The van der Waals surface area contributed by atoms with E-state index >= 15 is 0 Å². The highest BCUT2D eigenvalue weighted by Crippen LogP contribution is 2.24. The number of carbonyl (C=O) groups is 1. The maximum Gasteiger partial charge on any atom is 0.250 e. The molecule has 0 saturated heterocycles. The summed E-state index contributed by atoms with van der Waals surface area (Å²) in [4.78, 5) is 14.8. The lowest BCUT2D eigenvalue weighted by Crippen LogP contribution is -2.14. The van der Waals surface area contributed by atoms with Crippen LogP contribution in [-0.4, -0.2) is 10.9 Å². The molecule has 8 heteroatoms. The Morgan fingerprint density at radius 1 is 1.15 bits per heavy atom. The molecule has 5 nitrogen and oxygen atoms in total. The highest BCUT2D eigenvalue weighted by molar-refractivity contribution is 5.98. The number of nitrogen functional groups attached to an aromatic ring is 1. The molecule has 104 valence electrons. The Morgan fingerprint density at radius 2 is 1.75 bits per heavy atom. The summed E-state index contributed by atoms with van der Waals surface area (Å²) in [5, 5.41) is 2.30. The Labute approximate surface area is 111 Å². The number of aromatic nitrogens is 1. The minimum atomic E-state index is -1.14. The number of nitrogens with one attached hydrogen (secondary N) is 1. The molecule has 0 bridgehead atoms. The van der Waals surface area contributed by atoms with Gasteiger partial charge in [-0.05, 0) is 6.07 Å². The number of anilines is 3. The average molecular weight is 282 g/mol. The van der Waals surface area contributed by atoms with Crippen LogP contribution in [0, 0.1) is 17.5 Å². The second kappa shape index (κ2) is 5.08. The fraction of sp³-hybridized carbons (Fsp3) is 0. The number of hydrogen-bond donors (Lipinski definition) is 3. The van der Waals surface area contributed by atoms with E-state index in [0.717, 1.165) is 12.3 Å². The lowest BCUT2D eigenvalue weighted by atomic mass is 10.2. The molecule has 0 unspecified atom stereocenters. The third-order valence-corrected chi connectivity index (χ3v) is 2.46. The van der Waals surface area contributed by atoms with Gasteiger partial charge in [0.05, 0.1) is 17.4 Å². The summed E-state index contributed by atoms with van der Waals surface area (Å²) in [7, 11) is 0. The monoisotopic (exact) mass is 282 g/mol. The standard InChI is InChI=1S/C12H9F3N4O/c13-5-1-7(14)11(8(15)2-5)19-10-3-6(12(17)20)9(16)4-18-10/h1-4H,16H2,(H2,17,20)(H,18,19). The molecule has 1 heterocycles. The number of carbonyl (C=O) groups excluding carboxylic acids is 1. The molecule has 0 spiro atoms. The van der Waals surface area contributed by atoms with Gasteiger partial charge in [0.2, 0.25) is 0 Å². The van der Waals surface area contributed by atoms with Crippen molar-refractivity contribution < 1.29 is 18.0 Å². The van der Waals surface area contributed by atoms with Gasteiger partial charge in [-0.3, -0.25) is 4.79 Å². The molecule has 0 fully saturated rings. The van der Waals surface area contributed by atoms with Gasteiger partial charge >= 0.3 is 0 Å². The molecule has 0 saturated carbocycles. The lowest BCUT2D eigenvalue weighted by Gasteiger charge is -2.10. The average Bonchev–Trinajstić information content (AvgIpc) is 2.35. The van der Waals surface area contributed by atoms with Crippen LogP contribution in [0.2, 0.25) is 0 Å². The van der Waals surface area contributed by atoms with E-state index in [4.69, 9.17) is 11.5 Å². The smallest absolute Gasteiger partial charge is 0.250 e. The summed E-state index contributed by atoms with van der Waals surface area (Å²) in [6.07, 6.45) is 1.11. The molecule has 2 aromatic rings. The van der Waals surface area contributed by atoms with Gasteiger partial charge in [0, 0.05) is 12.1 Å². The van der Waals surface area contributed by atoms with E-state index in [0.29, 0.717) is 12.1 Å². The van der Waals surface area contributed by atoms with E-state index in [1.54, 1.807) is 0 Å². The minimum absolute atomic E-state index is 0.0306. The molecule has 5 N–H and O–H groups in total. The first-order valence-corrected chi connectivity index (χ1v) is 5.35. The zero-order valence-corrected chi connectivity index (χ0v) is 9.95. The molecule has 0 aliphatic carbocycles. The van der Waals surface area contributed by atoms with Crippen LogP contribution in [0.5, 0.6) is 0 Å². The molecule has 0 atom stereocenters. The number of nitrogens with zero attached hydrogens (tertiary/aromatic N) is 1. The Hall–Kier alpha value is -2.77. The third-order valence-electron chi connectivity index (χ3n) is 2.46. The first-order chi connectivity index (χ1) is 9.38. The van der Waals surface area contributed by atoms with Crippen molar-refractivity contribution in [3.05, 3.63) is 47.4 Å². The van der Waals surface area contributed by atoms with Gasteiger partial charge in [0.15, 0.2) is 11.6 Å². The number of primary amides is 1. The largest absolute Gasteiger partial charge is 0.397 e. The van der Waals surface area contributed by atoms with Gasteiger partial charge in [-0.15, -0.1) is 0 Å². The number of rotatable bonds is 3. The molecular formula is C12H9F3N4O. The molecule has 1 aromatic carbocycles. The molecular weight excluding hydrogens is 273 g/mol. The predicted octanol–water partition coefficient (Wildman–Crippen LogP) is 1.92. The Morgan fingerprint density at radius 3 is 2.30 bits per heavy atom. The first-order valence-electron chi connectivity index (χ1n) is 5.35. The van der Waals surface area contributed by atoms with Crippen molar-refractivity contribution >= 4 is 23.1 Å². The summed E-state index contributed by atoms with van der Waals surface area (Å²) >= 11 is 0.